The van der Waals surface area contributed by atoms with Gasteiger partial charge in [-0.3, -0.25) is 0 Å². The average molecular weight is 955 g/mol. The molecule has 1 aliphatic carbocycles. The maximum absolute atomic E-state index is 2.65. The van der Waals surface area contributed by atoms with Crippen LogP contribution in [0.5, 0.6) is 0 Å². The van der Waals surface area contributed by atoms with Crippen molar-refractivity contribution in [1.29, 1.82) is 0 Å². The van der Waals surface area contributed by atoms with Gasteiger partial charge < -0.3 is 19.3 Å². The molecule has 358 valence electrons. The molecule has 0 bridgehead atoms. The highest BCUT2D eigenvalue weighted by Gasteiger charge is 2.38. The first-order chi connectivity index (χ1) is 36.2. The van der Waals surface area contributed by atoms with Crippen molar-refractivity contribution in [3.05, 3.63) is 242 Å². The van der Waals surface area contributed by atoms with Crippen LogP contribution in [0.3, 0.4) is 0 Å². The zero-order valence-electron chi connectivity index (χ0n) is 42.6. The van der Waals surface area contributed by atoms with Gasteiger partial charge in [0.05, 0.1) is 33.8 Å². The van der Waals surface area contributed by atoms with Crippen LogP contribution in [0, 0.1) is 0 Å². The molecule has 74 heavy (non-hydrogen) atoms. The third kappa shape index (κ3) is 6.95. The normalized spacial score (nSPS) is 15.2. The molecule has 1 aromatic heterocycles. The Labute approximate surface area is 434 Å². The highest BCUT2D eigenvalue weighted by atomic mass is 15.4. The molecule has 0 spiro atoms. The fourth-order valence-corrected chi connectivity index (χ4v) is 12.9. The summed E-state index contributed by atoms with van der Waals surface area (Å²) in [6.45, 7) is 11.0. The molecule has 4 heteroatoms. The lowest BCUT2D eigenvalue weighted by atomic mass is 9.63. The van der Waals surface area contributed by atoms with Gasteiger partial charge in [-0.05, 0) is 109 Å². The van der Waals surface area contributed by atoms with Gasteiger partial charge in [0.1, 0.15) is 13.3 Å². The fourth-order valence-electron chi connectivity index (χ4n) is 12.9. The Morgan fingerprint density at radius 1 is 0.311 bits per heavy atom. The molecule has 10 aromatic carbocycles. The number of para-hydroxylation sites is 5. The van der Waals surface area contributed by atoms with E-state index >= 15 is 0 Å². The van der Waals surface area contributed by atoms with Gasteiger partial charge in [0.15, 0.2) is 0 Å². The van der Waals surface area contributed by atoms with Gasteiger partial charge in [-0.2, -0.15) is 0 Å². The van der Waals surface area contributed by atoms with Crippen LogP contribution in [-0.2, 0) is 17.5 Å². The largest absolute Gasteiger partial charge is 0.321 e. The first kappa shape index (κ1) is 44.1. The zero-order valence-corrected chi connectivity index (χ0v) is 42.6. The number of hydrogen-bond acceptors (Lipinski definition) is 3. The molecule has 0 radical (unpaired) electrons. The van der Waals surface area contributed by atoms with E-state index in [1.807, 2.05) is 0 Å². The van der Waals surface area contributed by atoms with Crippen molar-refractivity contribution in [3.8, 4) is 33.4 Å². The topological polar surface area (TPSA) is 14.7 Å². The Morgan fingerprint density at radius 3 is 1.38 bits per heavy atom. The number of anilines is 6. The first-order valence-electron chi connectivity index (χ1n) is 26.4. The van der Waals surface area contributed by atoms with E-state index in [9.17, 15) is 0 Å². The van der Waals surface area contributed by atoms with Crippen molar-refractivity contribution in [3.63, 3.8) is 0 Å². The minimum absolute atomic E-state index is 0.0768. The van der Waals surface area contributed by atoms with Crippen LogP contribution in [0.2, 0.25) is 0 Å². The number of hydrogen-bond donors (Lipinski definition) is 0. The molecule has 0 saturated carbocycles. The van der Waals surface area contributed by atoms with E-state index in [0.29, 0.717) is 13.3 Å². The SMILES string of the molecule is CC1(C)CCC(C)(C)c2cc(-c3cccc4c5ccccc5c5ccccc5c5cccc6c5n(c34)CN6c3cccc(N4CN(c5c(-c6ccccc6)cccc5-c5ccccc5)c5ccccc54)c3)ccc21. The van der Waals surface area contributed by atoms with Crippen molar-refractivity contribution < 1.29 is 0 Å². The number of nitrogens with zero attached hydrogens (tertiary/aromatic N) is 4. The lowest BCUT2D eigenvalue weighted by Gasteiger charge is -2.42. The van der Waals surface area contributed by atoms with Crippen molar-refractivity contribution >= 4 is 77.5 Å². The molecule has 3 aliphatic rings. The minimum atomic E-state index is 0.0768. The summed E-state index contributed by atoms with van der Waals surface area (Å²) in [5.41, 5.74) is 20.0. The van der Waals surface area contributed by atoms with Crippen LogP contribution in [0.1, 0.15) is 51.7 Å². The molecule has 4 nitrogen and oxygen atoms in total. The van der Waals surface area contributed by atoms with E-state index in [-0.39, 0.29) is 10.8 Å². The summed E-state index contributed by atoms with van der Waals surface area (Å²) in [7, 11) is 0. The van der Waals surface area contributed by atoms with E-state index < -0.39 is 0 Å². The van der Waals surface area contributed by atoms with Crippen LogP contribution in [0.25, 0.3) is 76.7 Å². The molecule has 0 unspecified atom stereocenters. The summed E-state index contributed by atoms with van der Waals surface area (Å²) in [6, 6.07) is 86.1. The predicted octanol–water partition coefficient (Wildman–Crippen LogP) is 18.9. The third-order valence-corrected chi connectivity index (χ3v) is 16.7. The second-order valence-electron chi connectivity index (χ2n) is 21.9. The maximum atomic E-state index is 2.65. The monoisotopic (exact) mass is 954 g/mol. The van der Waals surface area contributed by atoms with Crippen molar-refractivity contribution in [2.45, 2.75) is 58.0 Å². The number of rotatable bonds is 6. The molecular formula is C70H58N4. The fraction of sp³-hybridized carbons (Fsp3) is 0.143. The van der Waals surface area contributed by atoms with Crippen molar-refractivity contribution in [2.24, 2.45) is 0 Å². The summed E-state index contributed by atoms with van der Waals surface area (Å²) in [4.78, 5) is 7.58. The van der Waals surface area contributed by atoms with Gasteiger partial charge in [-0.25, -0.2) is 0 Å². The summed E-state index contributed by atoms with van der Waals surface area (Å²) in [5.74, 6) is 0. The van der Waals surface area contributed by atoms with Gasteiger partial charge >= 0.3 is 0 Å². The molecule has 0 saturated heterocycles. The molecule has 0 fully saturated rings. The number of aromatic nitrogens is 1. The molecule has 0 atom stereocenters. The third-order valence-electron chi connectivity index (χ3n) is 16.7. The van der Waals surface area contributed by atoms with Gasteiger partial charge in [-0.15, -0.1) is 0 Å². The lowest BCUT2D eigenvalue weighted by molar-refractivity contribution is 0.332. The number of benzene rings is 10. The standard InChI is InChI=1S/C70H58N4/c1-69(2)41-42-70(3,4)62-43-49(39-40-61(62)69)54-33-19-34-59-57-29-13-11-27-55(57)56-28-12-14-30-58(56)60-35-20-38-65-68(60)74(67(54)59)46-72(65)51-26-17-25-50(44-51)71-45-73(64-37-16-15-36-63(64)71)66-52(47-21-7-5-8-22-47)31-18-32-53(66)48-23-9-6-10-24-48/h5-40,43-44H,41-42,45-46H2,1-4H3. The van der Waals surface area contributed by atoms with E-state index in [2.05, 4.69) is 277 Å². The molecule has 11 aromatic rings. The Balaban J connectivity index is 0.968. The average Bonchev–Trinajstić information content (AvgIpc) is 4.05. The Morgan fingerprint density at radius 2 is 0.757 bits per heavy atom. The van der Waals surface area contributed by atoms with Crippen LogP contribution in [-0.4, -0.2) is 11.2 Å². The van der Waals surface area contributed by atoms with Gasteiger partial charge in [0, 0.05) is 38.8 Å². The molecule has 0 N–H and O–H groups in total. The summed E-state index contributed by atoms with van der Waals surface area (Å²) < 4.78 is 2.65. The van der Waals surface area contributed by atoms with Gasteiger partial charge in [0.2, 0.25) is 0 Å². The van der Waals surface area contributed by atoms with E-state index in [1.54, 1.807) is 0 Å². The molecular weight excluding hydrogens is 897 g/mol. The predicted molar refractivity (Wildman–Crippen MR) is 314 cm³/mol. The molecule has 14 rings (SSSR count). The molecule has 3 heterocycles. The highest BCUT2D eigenvalue weighted by Crippen LogP contribution is 2.52. The van der Waals surface area contributed by atoms with E-state index in [1.165, 1.54) is 123 Å². The minimum Gasteiger partial charge on any atom is -0.321 e. The Kier molecular flexibility index (Phi) is 10.1. The quantitative estimate of drug-likeness (QED) is 0.165. The Bertz CT molecular complexity index is 4050. The summed E-state index contributed by atoms with van der Waals surface area (Å²) in [6.07, 6.45) is 2.36. The lowest BCUT2D eigenvalue weighted by Crippen LogP contribution is -2.33. The molecule has 2 aliphatic heterocycles. The zero-order chi connectivity index (χ0) is 49.7. The second-order valence-corrected chi connectivity index (χ2v) is 21.9. The van der Waals surface area contributed by atoms with Gasteiger partial charge in [-0.1, -0.05) is 222 Å². The maximum Gasteiger partial charge on any atom is 0.100 e. The van der Waals surface area contributed by atoms with E-state index in [0.717, 1.165) is 11.4 Å². The Hall–Kier alpha value is -8.60. The number of fused-ring (bicyclic) bond motifs is 9. The van der Waals surface area contributed by atoms with Crippen LogP contribution in [0.4, 0.5) is 34.1 Å². The van der Waals surface area contributed by atoms with Crippen molar-refractivity contribution in [2.75, 3.05) is 21.4 Å². The van der Waals surface area contributed by atoms with Gasteiger partial charge in [0.25, 0.3) is 0 Å². The second kappa shape index (κ2) is 17.0. The van der Waals surface area contributed by atoms with E-state index in [4.69, 9.17) is 0 Å². The molecule has 0 amide bonds. The van der Waals surface area contributed by atoms with Crippen LogP contribution < -0.4 is 14.7 Å². The van der Waals surface area contributed by atoms with Crippen molar-refractivity contribution in [1.82, 2.24) is 4.57 Å². The van der Waals surface area contributed by atoms with Crippen LogP contribution in [0.15, 0.2) is 231 Å². The summed E-state index contributed by atoms with van der Waals surface area (Å²) in [5, 5.41) is 7.45. The summed E-state index contributed by atoms with van der Waals surface area (Å²) >= 11 is 0. The van der Waals surface area contributed by atoms with Crippen LogP contribution >= 0.6 is 0 Å². The highest BCUT2D eigenvalue weighted by molar-refractivity contribution is 6.22. The first-order valence-corrected chi connectivity index (χ1v) is 26.4. The smallest absolute Gasteiger partial charge is 0.100 e.